The van der Waals surface area contributed by atoms with Crippen LogP contribution in [-0.2, 0) is 46.2 Å². The molecular weight excluding hydrogens is 624 g/mol. The van der Waals surface area contributed by atoms with Crippen LogP contribution in [0.1, 0.15) is 61.4 Å². The molecule has 1 N–H and O–H groups in total. The van der Waals surface area contributed by atoms with E-state index in [1.165, 1.54) is 11.6 Å². The van der Waals surface area contributed by atoms with Crippen LogP contribution in [0.15, 0.2) is 52.7 Å². The molecule has 1 aliphatic carbocycles. The van der Waals surface area contributed by atoms with Gasteiger partial charge < -0.3 is 5.32 Å². The Morgan fingerprint density at radius 1 is 0.952 bits per heavy atom. The van der Waals surface area contributed by atoms with Crippen molar-refractivity contribution in [2.24, 2.45) is 5.92 Å². The van der Waals surface area contributed by atoms with Crippen LogP contribution in [0.2, 0.25) is 4.34 Å². The maximum absolute atomic E-state index is 13.2. The first-order chi connectivity index (χ1) is 18.9. The summed E-state index contributed by atoms with van der Waals surface area (Å²) in [7, 11) is -3.05. The number of hydrogen-bond donors (Lipinski definition) is 1. The van der Waals surface area contributed by atoms with Crippen molar-refractivity contribution in [3.05, 3.63) is 80.7 Å². The first-order valence-corrected chi connectivity index (χ1v) is 15.7. The van der Waals surface area contributed by atoms with Gasteiger partial charge in [-0.15, -0.1) is 11.3 Å². The lowest BCUT2D eigenvalue weighted by Crippen LogP contribution is -2.16. The van der Waals surface area contributed by atoms with Gasteiger partial charge in [-0.1, -0.05) is 32.0 Å². The van der Waals surface area contributed by atoms with E-state index in [0.717, 1.165) is 48.8 Å². The summed E-state index contributed by atoms with van der Waals surface area (Å²) in [5.41, 5.74) is 0.0237. The maximum Gasteiger partial charge on any atom is 0.416 e. The van der Waals surface area contributed by atoms with Gasteiger partial charge in [0.15, 0.2) is 9.84 Å². The first kappa shape index (κ1) is 35.6. The molecule has 232 valence electrons. The molecule has 1 amide bonds. The Labute approximate surface area is 251 Å². The van der Waals surface area contributed by atoms with E-state index in [9.17, 15) is 39.6 Å². The molecule has 1 aliphatic rings. The molecule has 4 nitrogen and oxygen atoms in total. The van der Waals surface area contributed by atoms with E-state index in [2.05, 4.69) is 12.2 Å². The van der Waals surface area contributed by atoms with Crippen molar-refractivity contribution >= 4 is 44.4 Å². The quantitative estimate of drug-likeness (QED) is 0.220. The molecule has 1 atom stereocenters. The van der Waals surface area contributed by atoms with Crippen molar-refractivity contribution in [1.29, 1.82) is 0 Å². The summed E-state index contributed by atoms with van der Waals surface area (Å²) in [6.07, 6.45) is -5.23. The van der Waals surface area contributed by atoms with Crippen LogP contribution < -0.4 is 5.32 Å². The fourth-order valence-electron chi connectivity index (χ4n) is 4.35. The second-order valence-corrected chi connectivity index (χ2v) is 13.9. The summed E-state index contributed by atoms with van der Waals surface area (Å²) in [5.74, 6) is 0.0632. The third kappa shape index (κ3) is 10.3. The van der Waals surface area contributed by atoms with Gasteiger partial charge in [0.1, 0.15) is 4.21 Å². The molecule has 0 spiro atoms. The fourth-order valence-corrected chi connectivity index (χ4v) is 6.45. The highest BCUT2D eigenvalue weighted by molar-refractivity contribution is 7.92. The van der Waals surface area contributed by atoms with Gasteiger partial charge >= 0.3 is 12.4 Å². The number of thiophene rings is 1. The number of carbonyl (C=O) groups excluding carboxylic acids is 1. The van der Waals surface area contributed by atoms with Crippen LogP contribution in [-0.4, -0.2) is 20.6 Å². The Morgan fingerprint density at radius 2 is 1.60 bits per heavy atom. The van der Waals surface area contributed by atoms with Gasteiger partial charge in [-0.3, -0.25) is 4.79 Å². The zero-order valence-electron chi connectivity index (χ0n) is 22.1. The Morgan fingerprint density at radius 3 is 2.12 bits per heavy atom. The lowest BCUT2D eigenvalue weighted by Gasteiger charge is -2.16. The summed E-state index contributed by atoms with van der Waals surface area (Å²) in [6.45, 7) is 2.19. The summed E-state index contributed by atoms with van der Waals surface area (Å²) in [4.78, 5) is 12.3. The normalized spacial score (nSPS) is 15.4. The standard InChI is InChI=1S/C23H23F6NO.C5H5ClO2S2.CH4/c1-14-2-4-15-6-9-19(13-16(15)5-3-14)30-21(31)11-7-17-12-18(22(24,25)26)8-10-20(17)23(27,28)29;1-10(7,8)5-3-2-4(6)9-5;/h6,8-10,12-14H,2-5,7,11H2,1H3,(H,30,31);2-3H,1H3;1H4. The molecule has 0 aliphatic heterocycles. The monoisotopic (exact) mass is 655 g/mol. The van der Waals surface area contributed by atoms with Gasteiger partial charge in [0.25, 0.3) is 0 Å². The molecule has 1 unspecified atom stereocenters. The Balaban J connectivity index is 0.000000475. The summed E-state index contributed by atoms with van der Waals surface area (Å²) in [6, 6.07) is 9.93. The molecule has 42 heavy (non-hydrogen) atoms. The van der Waals surface area contributed by atoms with Crippen LogP contribution in [0.5, 0.6) is 0 Å². The van der Waals surface area contributed by atoms with E-state index in [-0.39, 0.29) is 13.8 Å². The highest BCUT2D eigenvalue weighted by atomic mass is 35.5. The van der Waals surface area contributed by atoms with E-state index in [1.807, 2.05) is 12.1 Å². The van der Waals surface area contributed by atoms with Gasteiger partial charge in [0, 0.05) is 18.4 Å². The second kappa shape index (κ2) is 14.3. The smallest absolute Gasteiger partial charge is 0.326 e. The lowest BCUT2D eigenvalue weighted by molar-refractivity contribution is -0.141. The van der Waals surface area contributed by atoms with Gasteiger partial charge in [-0.05, 0) is 97.2 Å². The number of fused-ring (bicyclic) bond motifs is 1. The van der Waals surface area contributed by atoms with Crippen LogP contribution in [0.4, 0.5) is 32.0 Å². The third-order valence-corrected chi connectivity index (χ3v) is 9.63. The molecule has 0 saturated carbocycles. The van der Waals surface area contributed by atoms with Crippen LogP contribution in [0.3, 0.4) is 0 Å². The molecular formula is C29H32ClF6NO3S2. The summed E-state index contributed by atoms with van der Waals surface area (Å²) in [5, 5.41) is 2.65. The molecule has 2 aromatic carbocycles. The number of anilines is 1. The highest BCUT2D eigenvalue weighted by Gasteiger charge is 2.36. The molecule has 3 aromatic rings. The Hall–Kier alpha value is -2.57. The molecule has 13 heteroatoms. The minimum Gasteiger partial charge on any atom is -0.326 e. The number of hydrogen-bond acceptors (Lipinski definition) is 4. The lowest BCUT2D eigenvalue weighted by atomic mass is 9.98. The van der Waals surface area contributed by atoms with Crippen molar-refractivity contribution < 1.29 is 39.6 Å². The minimum atomic E-state index is -4.80. The van der Waals surface area contributed by atoms with Crippen molar-refractivity contribution in [3.63, 3.8) is 0 Å². The summed E-state index contributed by atoms with van der Waals surface area (Å²) < 4.78 is 101. The number of nitrogens with one attached hydrogen (secondary N) is 1. The maximum atomic E-state index is 13.2. The topological polar surface area (TPSA) is 63.2 Å². The molecule has 1 heterocycles. The highest BCUT2D eigenvalue weighted by Crippen LogP contribution is 2.37. The predicted molar refractivity (Wildman–Crippen MR) is 155 cm³/mol. The van der Waals surface area contributed by atoms with Crippen LogP contribution in [0, 0.1) is 5.92 Å². The second-order valence-electron chi connectivity index (χ2n) is 9.91. The van der Waals surface area contributed by atoms with E-state index < -0.39 is 51.2 Å². The van der Waals surface area contributed by atoms with Gasteiger partial charge in [0.2, 0.25) is 5.91 Å². The molecule has 0 bridgehead atoms. The first-order valence-electron chi connectivity index (χ1n) is 12.6. The SMILES string of the molecule is C.CC1CCc2ccc(NC(=O)CCc3cc(C(F)(F)F)ccc3C(F)(F)F)cc2CC1.CS(=O)(=O)c1ccc(Cl)s1. The average molecular weight is 656 g/mol. The summed E-state index contributed by atoms with van der Waals surface area (Å²) >= 11 is 6.59. The molecule has 4 rings (SSSR count). The Kier molecular flexibility index (Phi) is 12.1. The molecule has 0 saturated heterocycles. The number of rotatable bonds is 5. The zero-order valence-corrected chi connectivity index (χ0v) is 24.5. The molecule has 0 fully saturated rings. The number of sulfone groups is 1. The number of aryl methyl sites for hydroxylation is 3. The van der Waals surface area contributed by atoms with Crippen LogP contribution in [0.25, 0.3) is 0 Å². The van der Waals surface area contributed by atoms with E-state index in [1.54, 1.807) is 12.1 Å². The predicted octanol–water partition coefficient (Wildman–Crippen LogP) is 9.25. The third-order valence-electron chi connectivity index (χ3n) is 6.58. The number of alkyl halides is 6. The largest absolute Gasteiger partial charge is 0.416 e. The van der Waals surface area contributed by atoms with Crippen molar-refractivity contribution in [3.8, 4) is 0 Å². The number of carbonyl (C=O) groups is 1. The molecule has 0 radical (unpaired) electrons. The van der Waals surface area contributed by atoms with E-state index in [0.29, 0.717) is 38.3 Å². The van der Waals surface area contributed by atoms with Crippen molar-refractivity contribution in [2.75, 3.05) is 11.6 Å². The van der Waals surface area contributed by atoms with Crippen LogP contribution >= 0.6 is 22.9 Å². The van der Waals surface area contributed by atoms with Crippen molar-refractivity contribution in [2.45, 2.75) is 69.4 Å². The Bertz CT molecular complexity index is 1480. The van der Waals surface area contributed by atoms with Gasteiger partial charge in [-0.25, -0.2) is 8.42 Å². The average Bonchev–Trinajstić information content (AvgIpc) is 3.23. The van der Waals surface area contributed by atoms with Gasteiger partial charge in [0.05, 0.1) is 15.5 Å². The number of halogens is 7. The minimum absolute atomic E-state index is 0. The fraction of sp³-hybridized carbons (Fsp3) is 0.414. The zero-order chi connectivity index (χ0) is 30.6. The molecule has 1 aromatic heterocycles. The number of amides is 1. The van der Waals surface area contributed by atoms with Gasteiger partial charge in [-0.2, -0.15) is 26.3 Å². The van der Waals surface area contributed by atoms with Crippen molar-refractivity contribution in [1.82, 2.24) is 0 Å². The van der Waals surface area contributed by atoms with E-state index >= 15 is 0 Å². The van der Waals surface area contributed by atoms with E-state index in [4.69, 9.17) is 11.6 Å². The number of benzene rings is 2.